The topological polar surface area (TPSA) is 94.9 Å². The van der Waals surface area contributed by atoms with Crippen LogP contribution in [0.25, 0.3) is 0 Å². The molecule has 2 aliphatic rings. The molecule has 8 nitrogen and oxygen atoms in total. The number of aryl methyl sites for hydroxylation is 1. The fourth-order valence-corrected chi connectivity index (χ4v) is 3.78. The third-order valence-electron chi connectivity index (χ3n) is 5.92. The van der Waals surface area contributed by atoms with E-state index in [9.17, 15) is 14.4 Å². The summed E-state index contributed by atoms with van der Waals surface area (Å²) >= 11 is 0. The summed E-state index contributed by atoms with van der Waals surface area (Å²) in [4.78, 5) is 40.5. The Balaban J connectivity index is 1.23. The number of hydrogen-bond donors (Lipinski definition) is 2. The molecule has 2 heterocycles. The first-order valence-corrected chi connectivity index (χ1v) is 10.8. The number of nitrogens with one attached hydrogen (secondary N) is 2. The van der Waals surface area contributed by atoms with Gasteiger partial charge in [-0.25, -0.2) is 4.79 Å². The Kier molecular flexibility index (Phi) is 6.25. The second-order valence-corrected chi connectivity index (χ2v) is 8.17. The average molecular weight is 425 g/mol. The van der Waals surface area contributed by atoms with Gasteiger partial charge < -0.3 is 24.9 Å². The normalized spacial score (nSPS) is 16.5. The van der Waals surface area contributed by atoms with Crippen molar-refractivity contribution in [2.24, 2.45) is 5.92 Å². The van der Waals surface area contributed by atoms with E-state index in [2.05, 4.69) is 10.6 Å². The Hall–Kier alpha value is -3.29. The van der Waals surface area contributed by atoms with Crippen molar-refractivity contribution in [1.82, 2.24) is 15.1 Å². The van der Waals surface area contributed by atoms with Gasteiger partial charge in [0.25, 0.3) is 5.91 Å². The third kappa shape index (κ3) is 5.07. The highest BCUT2D eigenvalue weighted by molar-refractivity contribution is 5.93. The molecule has 0 spiro atoms. The number of urea groups is 1. The van der Waals surface area contributed by atoms with Crippen LogP contribution in [0.1, 0.15) is 41.1 Å². The molecule has 164 valence electrons. The van der Waals surface area contributed by atoms with Gasteiger partial charge in [-0.1, -0.05) is 18.6 Å². The summed E-state index contributed by atoms with van der Waals surface area (Å²) in [6.07, 6.45) is 3.04. The molecule has 2 fully saturated rings. The van der Waals surface area contributed by atoms with Gasteiger partial charge >= 0.3 is 6.03 Å². The fourth-order valence-electron chi connectivity index (χ4n) is 3.78. The lowest BCUT2D eigenvalue weighted by molar-refractivity contribution is -0.122. The molecule has 0 unspecified atom stereocenters. The van der Waals surface area contributed by atoms with Crippen LogP contribution in [-0.2, 0) is 11.3 Å². The monoisotopic (exact) mass is 424 g/mol. The number of hydrogen-bond acceptors (Lipinski definition) is 4. The highest BCUT2D eigenvalue weighted by Gasteiger charge is 2.27. The van der Waals surface area contributed by atoms with Gasteiger partial charge in [-0.2, -0.15) is 0 Å². The molecule has 8 heteroatoms. The van der Waals surface area contributed by atoms with Gasteiger partial charge in [0, 0.05) is 44.3 Å². The second kappa shape index (κ2) is 9.24. The molecule has 1 aliphatic heterocycles. The van der Waals surface area contributed by atoms with Crippen molar-refractivity contribution in [2.75, 3.05) is 31.5 Å². The molecule has 1 aromatic heterocycles. The molecule has 1 saturated carbocycles. The van der Waals surface area contributed by atoms with Crippen molar-refractivity contribution >= 4 is 23.5 Å². The zero-order chi connectivity index (χ0) is 21.8. The molecule has 0 bridgehead atoms. The lowest BCUT2D eigenvalue weighted by Gasteiger charge is -2.34. The predicted molar refractivity (Wildman–Crippen MR) is 116 cm³/mol. The summed E-state index contributed by atoms with van der Waals surface area (Å²) in [6.45, 7) is 4.04. The number of furan rings is 1. The van der Waals surface area contributed by atoms with Crippen LogP contribution in [0.5, 0.6) is 0 Å². The first kappa shape index (κ1) is 21.0. The van der Waals surface area contributed by atoms with Crippen LogP contribution in [0.2, 0.25) is 0 Å². The van der Waals surface area contributed by atoms with Crippen molar-refractivity contribution < 1.29 is 18.8 Å². The Labute approximate surface area is 181 Å². The van der Waals surface area contributed by atoms with Crippen molar-refractivity contribution in [1.29, 1.82) is 0 Å². The molecule has 1 aromatic carbocycles. The summed E-state index contributed by atoms with van der Waals surface area (Å²) in [6, 6.07) is 10.8. The minimum absolute atomic E-state index is 0.0737. The van der Waals surface area contributed by atoms with E-state index in [0.29, 0.717) is 44.2 Å². The number of carbonyl (C=O) groups is 3. The minimum atomic E-state index is -0.162. The van der Waals surface area contributed by atoms with Gasteiger partial charge in [0.1, 0.15) is 5.76 Å². The molecule has 1 aliphatic carbocycles. The van der Waals surface area contributed by atoms with E-state index in [1.54, 1.807) is 28.9 Å². The Morgan fingerprint density at radius 3 is 2.42 bits per heavy atom. The van der Waals surface area contributed by atoms with Crippen LogP contribution in [-0.4, -0.2) is 53.8 Å². The second-order valence-electron chi connectivity index (χ2n) is 8.17. The zero-order valence-electron chi connectivity index (χ0n) is 17.7. The first-order chi connectivity index (χ1) is 15.0. The number of piperazine rings is 1. The van der Waals surface area contributed by atoms with Crippen LogP contribution in [0.3, 0.4) is 0 Å². The first-order valence-electron chi connectivity index (χ1n) is 10.8. The smallest absolute Gasteiger partial charge is 0.317 e. The molecule has 0 atom stereocenters. The predicted octanol–water partition coefficient (Wildman–Crippen LogP) is 2.99. The van der Waals surface area contributed by atoms with Gasteiger partial charge in [-0.05, 0) is 49.6 Å². The average Bonchev–Trinajstić information content (AvgIpc) is 3.17. The van der Waals surface area contributed by atoms with E-state index in [-0.39, 0.29) is 23.8 Å². The van der Waals surface area contributed by atoms with Crippen LogP contribution in [0.4, 0.5) is 10.5 Å². The van der Waals surface area contributed by atoms with Gasteiger partial charge in [-0.15, -0.1) is 0 Å². The highest BCUT2D eigenvalue weighted by Crippen LogP contribution is 2.27. The van der Waals surface area contributed by atoms with E-state index in [4.69, 9.17) is 4.42 Å². The molecule has 1 saturated heterocycles. The molecule has 2 N–H and O–H groups in total. The number of rotatable bonds is 5. The van der Waals surface area contributed by atoms with Gasteiger partial charge in [0.15, 0.2) is 5.76 Å². The molecule has 4 rings (SSSR count). The largest absolute Gasteiger partial charge is 0.456 e. The number of carbonyl (C=O) groups excluding carboxylic acids is 3. The van der Waals surface area contributed by atoms with Crippen LogP contribution < -0.4 is 10.6 Å². The number of nitrogens with zero attached hydrogens (tertiary/aromatic N) is 2. The molecule has 4 amide bonds. The lowest BCUT2D eigenvalue weighted by Crippen LogP contribution is -2.53. The van der Waals surface area contributed by atoms with E-state index in [0.717, 1.165) is 30.5 Å². The van der Waals surface area contributed by atoms with Crippen LogP contribution in [0.15, 0.2) is 40.8 Å². The minimum Gasteiger partial charge on any atom is -0.456 e. The van der Waals surface area contributed by atoms with Gasteiger partial charge in [-0.3, -0.25) is 9.59 Å². The summed E-state index contributed by atoms with van der Waals surface area (Å²) < 4.78 is 5.41. The van der Waals surface area contributed by atoms with Crippen molar-refractivity contribution in [3.63, 3.8) is 0 Å². The van der Waals surface area contributed by atoms with Gasteiger partial charge in [0.2, 0.25) is 5.91 Å². The fraction of sp³-hybridized carbons (Fsp3) is 0.435. The summed E-state index contributed by atoms with van der Waals surface area (Å²) in [5, 5.41) is 5.88. The van der Waals surface area contributed by atoms with Crippen molar-refractivity contribution in [3.8, 4) is 0 Å². The molecular weight excluding hydrogens is 396 g/mol. The molecule has 31 heavy (non-hydrogen) atoms. The zero-order valence-corrected chi connectivity index (χ0v) is 17.7. The Morgan fingerprint density at radius 1 is 1.03 bits per heavy atom. The maximum Gasteiger partial charge on any atom is 0.317 e. The Bertz CT molecular complexity index is 958. The molecular formula is C23H28N4O4. The SMILES string of the molecule is Cc1ccc(C(=O)N2CCN(C(=O)NCc3cccc(NC(=O)C4CCC4)c3)CC2)o1. The van der Waals surface area contributed by atoms with Crippen molar-refractivity contribution in [3.05, 3.63) is 53.5 Å². The quantitative estimate of drug-likeness (QED) is 0.771. The van der Waals surface area contributed by atoms with Crippen LogP contribution >= 0.6 is 0 Å². The van der Waals surface area contributed by atoms with E-state index < -0.39 is 0 Å². The standard InChI is InChI=1S/C23H28N4O4/c1-16-8-9-20(31-16)22(29)26-10-12-27(13-11-26)23(30)24-15-17-4-2-7-19(14-17)25-21(28)18-5-3-6-18/h2,4,7-9,14,18H,3,5-6,10-13,15H2,1H3,(H,24,30)(H,25,28). The van der Waals surface area contributed by atoms with E-state index >= 15 is 0 Å². The maximum atomic E-state index is 12.5. The highest BCUT2D eigenvalue weighted by atomic mass is 16.3. The molecule has 2 aromatic rings. The summed E-state index contributed by atoms with van der Waals surface area (Å²) in [5.41, 5.74) is 1.67. The number of anilines is 1. The van der Waals surface area contributed by atoms with Crippen LogP contribution in [0, 0.1) is 12.8 Å². The summed E-state index contributed by atoms with van der Waals surface area (Å²) in [5.74, 6) is 1.09. The van der Waals surface area contributed by atoms with E-state index in [1.165, 1.54) is 0 Å². The lowest BCUT2D eigenvalue weighted by atomic mass is 9.85. The number of amides is 4. The molecule has 0 radical (unpaired) electrons. The Morgan fingerprint density at radius 2 is 1.77 bits per heavy atom. The third-order valence-corrected chi connectivity index (χ3v) is 5.92. The summed E-state index contributed by atoms with van der Waals surface area (Å²) in [7, 11) is 0. The van der Waals surface area contributed by atoms with E-state index in [1.807, 2.05) is 24.3 Å². The maximum absolute atomic E-state index is 12.5. The van der Waals surface area contributed by atoms with Gasteiger partial charge in [0.05, 0.1) is 0 Å². The number of benzene rings is 1. The van der Waals surface area contributed by atoms with Crippen molar-refractivity contribution in [2.45, 2.75) is 32.7 Å².